The van der Waals surface area contributed by atoms with E-state index < -0.39 is 41.2 Å². The molecule has 3 N–H and O–H groups in total. The van der Waals surface area contributed by atoms with Gasteiger partial charge in [0, 0.05) is 11.8 Å². The Bertz CT molecular complexity index is 716. The lowest BCUT2D eigenvalue weighted by atomic mass is 9.99. The van der Waals surface area contributed by atoms with Gasteiger partial charge >= 0.3 is 5.69 Å². The second-order valence-electron chi connectivity index (χ2n) is 4.75. The zero-order valence-electron chi connectivity index (χ0n) is 11.5. The summed E-state index contributed by atoms with van der Waals surface area (Å²) >= 11 is 6.37. The zero-order chi connectivity index (χ0) is 15.8. The Morgan fingerprint density at radius 1 is 1.57 bits per heavy atom. The van der Waals surface area contributed by atoms with Gasteiger partial charge in [0.2, 0.25) is 0 Å². The van der Waals surface area contributed by atoms with E-state index in [9.17, 15) is 19.8 Å². The third-order valence-electron chi connectivity index (χ3n) is 3.35. The fourth-order valence-corrected chi connectivity index (χ4v) is 2.77. The predicted molar refractivity (Wildman–Crippen MR) is 75.1 cm³/mol. The normalized spacial score (nSPS) is 31.8. The first kappa shape index (κ1) is 15.8. The quantitative estimate of drug-likeness (QED) is 0.484. The van der Waals surface area contributed by atoms with Crippen LogP contribution in [0.2, 0.25) is 0 Å². The highest BCUT2D eigenvalue weighted by Crippen LogP contribution is 2.42. The molecule has 0 aromatic carbocycles. The van der Waals surface area contributed by atoms with Crippen molar-refractivity contribution in [2.75, 3.05) is 6.61 Å². The summed E-state index contributed by atoms with van der Waals surface area (Å²) in [6, 6.07) is 1.21. The van der Waals surface area contributed by atoms with Crippen LogP contribution in [0.25, 0.3) is 0 Å². The first-order valence-electron chi connectivity index (χ1n) is 6.24. The lowest BCUT2D eigenvalue weighted by Crippen LogP contribution is -2.45. The summed E-state index contributed by atoms with van der Waals surface area (Å²) < 4.78 is 6.59. The molecule has 1 saturated heterocycles. The van der Waals surface area contributed by atoms with E-state index in [0.29, 0.717) is 5.69 Å². The first-order chi connectivity index (χ1) is 9.85. The maximum absolute atomic E-state index is 12.0. The van der Waals surface area contributed by atoms with Crippen LogP contribution < -0.4 is 11.2 Å². The molecule has 2 unspecified atom stereocenters. The van der Waals surface area contributed by atoms with Gasteiger partial charge in [-0.15, -0.1) is 5.92 Å². The molecular weight excluding hydrogens is 300 g/mol. The summed E-state index contributed by atoms with van der Waals surface area (Å²) in [6.07, 6.45) is -3.41. The highest BCUT2D eigenvalue weighted by Gasteiger charge is 2.56. The number of aliphatic hydroxyl groups is 2. The third-order valence-corrected chi connectivity index (χ3v) is 3.85. The lowest BCUT2D eigenvalue weighted by Gasteiger charge is -2.26. The van der Waals surface area contributed by atoms with E-state index >= 15 is 0 Å². The van der Waals surface area contributed by atoms with Gasteiger partial charge < -0.3 is 14.9 Å². The highest BCUT2D eigenvalue weighted by molar-refractivity contribution is 6.27. The number of hydrogen-bond donors (Lipinski definition) is 3. The van der Waals surface area contributed by atoms with Gasteiger partial charge in [-0.2, -0.15) is 0 Å². The number of aliphatic hydroxyl groups excluding tert-OH is 2. The number of alkyl halides is 1. The molecule has 0 amide bonds. The minimum Gasteiger partial charge on any atom is -0.394 e. The molecule has 7 nitrogen and oxygen atoms in total. The summed E-state index contributed by atoms with van der Waals surface area (Å²) in [6.45, 7) is 2.59. The van der Waals surface area contributed by atoms with Crippen molar-refractivity contribution in [3.63, 3.8) is 0 Å². The van der Waals surface area contributed by atoms with Gasteiger partial charge in [0.15, 0.2) is 11.1 Å². The molecule has 8 heteroatoms. The van der Waals surface area contributed by atoms with Gasteiger partial charge in [0.1, 0.15) is 12.2 Å². The molecule has 0 bridgehead atoms. The van der Waals surface area contributed by atoms with E-state index in [1.54, 1.807) is 0 Å². The van der Waals surface area contributed by atoms with E-state index in [0.717, 1.165) is 4.57 Å². The van der Waals surface area contributed by atoms with Gasteiger partial charge in [-0.1, -0.05) is 17.5 Å². The van der Waals surface area contributed by atoms with Crippen LogP contribution in [-0.2, 0) is 4.74 Å². The van der Waals surface area contributed by atoms with Crippen LogP contribution >= 0.6 is 11.6 Å². The third kappa shape index (κ3) is 2.51. The molecule has 2 heterocycles. The molecule has 0 saturated carbocycles. The summed E-state index contributed by atoms with van der Waals surface area (Å²) in [7, 11) is 0. The van der Waals surface area contributed by atoms with Crippen LogP contribution in [-0.4, -0.2) is 43.5 Å². The molecule has 1 aliphatic heterocycles. The number of rotatable bonds is 2. The van der Waals surface area contributed by atoms with Gasteiger partial charge in [-0.25, -0.2) is 4.79 Å². The van der Waals surface area contributed by atoms with E-state index in [1.165, 1.54) is 19.9 Å². The van der Waals surface area contributed by atoms with Crippen LogP contribution in [0, 0.1) is 18.8 Å². The van der Waals surface area contributed by atoms with Crippen LogP contribution in [0.1, 0.15) is 18.8 Å². The molecular formula is C13H15ClN2O5. The van der Waals surface area contributed by atoms with Crippen molar-refractivity contribution in [1.82, 2.24) is 9.55 Å². The average molecular weight is 315 g/mol. The molecule has 1 aromatic heterocycles. The fourth-order valence-electron chi connectivity index (χ4n) is 2.39. The zero-order valence-corrected chi connectivity index (χ0v) is 12.2. The Hall–Kier alpha value is -1.59. The largest absolute Gasteiger partial charge is 0.394 e. The van der Waals surface area contributed by atoms with Gasteiger partial charge in [0.25, 0.3) is 5.56 Å². The minimum atomic E-state index is -1.60. The summed E-state index contributed by atoms with van der Waals surface area (Å²) in [5, 5.41) is 19.4. The number of H-pyrrole nitrogens is 1. The molecule has 0 spiro atoms. The molecule has 21 heavy (non-hydrogen) atoms. The van der Waals surface area contributed by atoms with Crippen LogP contribution in [0.3, 0.4) is 0 Å². The Balaban J connectivity index is 2.64. The summed E-state index contributed by atoms with van der Waals surface area (Å²) in [5.74, 6) is 5.21. The van der Waals surface area contributed by atoms with E-state index in [-0.39, 0.29) is 0 Å². The number of hydrogen-bond acceptors (Lipinski definition) is 5. The Morgan fingerprint density at radius 2 is 2.24 bits per heavy atom. The second-order valence-corrected chi connectivity index (χ2v) is 5.37. The fraction of sp³-hybridized carbons (Fsp3) is 0.538. The van der Waals surface area contributed by atoms with Gasteiger partial charge in [0.05, 0.1) is 6.61 Å². The molecule has 1 aliphatic rings. The van der Waals surface area contributed by atoms with E-state index in [1.807, 2.05) is 0 Å². The number of aromatic nitrogens is 2. The molecule has 1 fully saturated rings. The maximum atomic E-state index is 12.0. The van der Waals surface area contributed by atoms with Crippen molar-refractivity contribution >= 4 is 11.6 Å². The minimum absolute atomic E-state index is 0.308. The standard InChI is InChI=1S/C13H15ClN2O5/c1-3-4-13(14)10(19)8(6-17)21-11(13)16-7(2)5-9(18)15-12(16)20/h5,8,10-11,17,19H,6H2,1-2H3,(H,15,18,20)/t8-,10?,11-,13?/m1/s1. The van der Waals surface area contributed by atoms with Crippen molar-refractivity contribution < 1.29 is 14.9 Å². The number of halogens is 1. The first-order valence-corrected chi connectivity index (χ1v) is 6.62. The summed E-state index contributed by atoms with van der Waals surface area (Å²) in [4.78, 5) is 23.8. The van der Waals surface area contributed by atoms with Crippen LogP contribution in [0.5, 0.6) is 0 Å². The van der Waals surface area contributed by atoms with Crippen molar-refractivity contribution in [2.45, 2.75) is 37.2 Å². The van der Waals surface area contributed by atoms with E-state index in [2.05, 4.69) is 16.8 Å². The number of ether oxygens (including phenoxy) is 1. The smallest absolute Gasteiger partial charge is 0.330 e. The molecule has 0 aliphatic carbocycles. The number of nitrogens with one attached hydrogen (secondary N) is 1. The van der Waals surface area contributed by atoms with E-state index in [4.69, 9.17) is 16.3 Å². The monoisotopic (exact) mass is 314 g/mol. The van der Waals surface area contributed by atoms with Crippen molar-refractivity contribution in [3.8, 4) is 11.8 Å². The van der Waals surface area contributed by atoms with Crippen LogP contribution in [0.15, 0.2) is 15.7 Å². The summed E-state index contributed by atoms with van der Waals surface area (Å²) in [5.41, 5.74) is -0.964. The van der Waals surface area contributed by atoms with Gasteiger partial charge in [-0.3, -0.25) is 14.3 Å². The molecule has 2 rings (SSSR count). The SMILES string of the molecule is CC#CC1(Cl)C(O)[C@@H](CO)O[C@H]1n1c(C)cc(=O)[nH]c1=O. The number of aryl methyl sites for hydroxylation is 1. The number of nitrogens with zero attached hydrogens (tertiary/aromatic N) is 1. The Kier molecular flexibility index (Phi) is 4.25. The van der Waals surface area contributed by atoms with Gasteiger partial charge in [-0.05, 0) is 13.8 Å². The molecule has 114 valence electrons. The topological polar surface area (TPSA) is 105 Å². The molecule has 4 atom stereocenters. The average Bonchev–Trinajstić information content (AvgIpc) is 2.63. The lowest BCUT2D eigenvalue weighted by molar-refractivity contribution is -0.0471. The second kappa shape index (κ2) is 5.66. The number of aromatic amines is 1. The molecule has 1 aromatic rings. The highest BCUT2D eigenvalue weighted by atomic mass is 35.5. The predicted octanol–water partition coefficient (Wildman–Crippen LogP) is -0.903. The molecule has 0 radical (unpaired) electrons. The van der Waals surface area contributed by atoms with Crippen molar-refractivity contribution in [3.05, 3.63) is 32.6 Å². The van der Waals surface area contributed by atoms with Crippen molar-refractivity contribution in [2.24, 2.45) is 0 Å². The Morgan fingerprint density at radius 3 is 2.76 bits per heavy atom. The van der Waals surface area contributed by atoms with Crippen molar-refractivity contribution in [1.29, 1.82) is 0 Å². The Labute approximate surface area is 125 Å². The maximum Gasteiger partial charge on any atom is 0.330 e. The van der Waals surface area contributed by atoms with Crippen LogP contribution in [0.4, 0.5) is 0 Å².